The fourth-order valence-electron chi connectivity index (χ4n) is 1.80. The molecule has 0 aliphatic rings. The van der Waals surface area contributed by atoms with Crippen molar-refractivity contribution in [2.45, 2.75) is 0 Å². The molecule has 0 fully saturated rings. The van der Waals surface area contributed by atoms with Gasteiger partial charge in [0.15, 0.2) is 0 Å². The molecular formula is C12H9N5O3. The molecule has 0 saturated carbocycles. The van der Waals surface area contributed by atoms with E-state index >= 15 is 0 Å². The van der Waals surface area contributed by atoms with Crippen molar-refractivity contribution in [3.63, 3.8) is 0 Å². The molecule has 1 amide bonds. The third-order valence-corrected chi connectivity index (χ3v) is 2.70. The number of carbonyl (C=O) groups is 1. The highest BCUT2D eigenvalue weighted by atomic mass is 16.2. The van der Waals surface area contributed by atoms with Crippen molar-refractivity contribution in [2.24, 2.45) is 0 Å². The molecule has 3 aromatic rings. The molecule has 8 nitrogen and oxygen atoms in total. The number of hydrogen-bond donors (Lipinski definition) is 4. The molecule has 4 N–H and O–H groups in total. The summed E-state index contributed by atoms with van der Waals surface area (Å²) in [6.07, 6.45) is 1.66. The lowest BCUT2D eigenvalue weighted by atomic mass is 10.2. The van der Waals surface area contributed by atoms with Crippen LogP contribution in [0.1, 0.15) is 10.5 Å². The van der Waals surface area contributed by atoms with Crippen LogP contribution in [0.15, 0.2) is 40.1 Å². The van der Waals surface area contributed by atoms with Gasteiger partial charge in [0.25, 0.3) is 11.5 Å². The standard InChI is InChI=1S/C12H9N5O3/c18-10-4-9(15-12(20)16-10)11(19)14-7-2-1-6-5-13-17-8(6)3-7/h1-5H,(H,13,17)(H,14,19)(H2,15,16,18,20). The Morgan fingerprint density at radius 1 is 1.15 bits per heavy atom. The maximum absolute atomic E-state index is 11.9. The monoisotopic (exact) mass is 271 g/mol. The Morgan fingerprint density at radius 2 is 2.00 bits per heavy atom. The third kappa shape index (κ3) is 2.21. The zero-order chi connectivity index (χ0) is 14.1. The maximum atomic E-state index is 11.9. The van der Waals surface area contributed by atoms with Crippen molar-refractivity contribution in [1.82, 2.24) is 20.2 Å². The van der Waals surface area contributed by atoms with Gasteiger partial charge in [0, 0.05) is 17.1 Å². The first kappa shape index (κ1) is 11.9. The van der Waals surface area contributed by atoms with Crippen LogP contribution in [0.3, 0.4) is 0 Å². The Balaban J connectivity index is 1.91. The van der Waals surface area contributed by atoms with Gasteiger partial charge >= 0.3 is 5.69 Å². The summed E-state index contributed by atoms with van der Waals surface area (Å²) < 4.78 is 0. The molecule has 0 radical (unpaired) electrons. The fraction of sp³-hybridized carbons (Fsp3) is 0. The summed E-state index contributed by atoms with van der Waals surface area (Å²) in [4.78, 5) is 38.4. The molecular weight excluding hydrogens is 262 g/mol. The second kappa shape index (κ2) is 4.50. The summed E-state index contributed by atoms with van der Waals surface area (Å²) in [6.45, 7) is 0. The molecule has 20 heavy (non-hydrogen) atoms. The van der Waals surface area contributed by atoms with Crippen molar-refractivity contribution in [2.75, 3.05) is 5.32 Å². The highest BCUT2D eigenvalue weighted by Crippen LogP contribution is 2.16. The van der Waals surface area contributed by atoms with Crippen LogP contribution in [0.5, 0.6) is 0 Å². The average molecular weight is 271 g/mol. The van der Waals surface area contributed by atoms with Crippen LogP contribution in [-0.2, 0) is 0 Å². The van der Waals surface area contributed by atoms with Crippen LogP contribution in [0.25, 0.3) is 10.9 Å². The summed E-state index contributed by atoms with van der Waals surface area (Å²) in [7, 11) is 0. The normalized spacial score (nSPS) is 10.6. The number of aromatic amines is 3. The lowest BCUT2D eigenvalue weighted by Gasteiger charge is -2.04. The van der Waals surface area contributed by atoms with Gasteiger partial charge in [-0.1, -0.05) is 0 Å². The van der Waals surface area contributed by atoms with Crippen molar-refractivity contribution in [1.29, 1.82) is 0 Å². The number of carbonyl (C=O) groups excluding carboxylic acids is 1. The number of hydrogen-bond acceptors (Lipinski definition) is 4. The lowest BCUT2D eigenvalue weighted by molar-refractivity contribution is 0.102. The highest BCUT2D eigenvalue weighted by Gasteiger charge is 2.09. The number of fused-ring (bicyclic) bond motifs is 1. The van der Waals surface area contributed by atoms with E-state index in [2.05, 4.69) is 20.5 Å². The quantitative estimate of drug-likeness (QED) is 0.531. The van der Waals surface area contributed by atoms with Gasteiger partial charge in [0.1, 0.15) is 5.69 Å². The fourth-order valence-corrected chi connectivity index (χ4v) is 1.80. The first-order valence-corrected chi connectivity index (χ1v) is 5.70. The summed E-state index contributed by atoms with van der Waals surface area (Å²) in [5, 5.41) is 10.1. The van der Waals surface area contributed by atoms with E-state index in [0.717, 1.165) is 17.0 Å². The van der Waals surface area contributed by atoms with E-state index in [0.29, 0.717) is 5.69 Å². The predicted octanol–water partition coefficient (Wildman–Crippen LogP) is 0.192. The van der Waals surface area contributed by atoms with Crippen LogP contribution in [0, 0.1) is 0 Å². The van der Waals surface area contributed by atoms with Crippen molar-refractivity contribution in [3.05, 3.63) is 57.0 Å². The first-order valence-electron chi connectivity index (χ1n) is 5.70. The summed E-state index contributed by atoms with van der Waals surface area (Å²) in [6, 6.07) is 6.20. The van der Waals surface area contributed by atoms with Gasteiger partial charge in [-0.15, -0.1) is 0 Å². The van der Waals surface area contributed by atoms with Crippen molar-refractivity contribution in [3.8, 4) is 0 Å². The molecule has 0 atom stereocenters. The largest absolute Gasteiger partial charge is 0.326 e. The summed E-state index contributed by atoms with van der Waals surface area (Å²) >= 11 is 0. The molecule has 100 valence electrons. The summed E-state index contributed by atoms with van der Waals surface area (Å²) in [5.41, 5.74) is -0.187. The number of nitrogens with zero attached hydrogens (tertiary/aromatic N) is 1. The Kier molecular flexibility index (Phi) is 2.68. The first-order chi connectivity index (χ1) is 9.61. The number of H-pyrrole nitrogens is 3. The van der Waals surface area contributed by atoms with Crippen molar-refractivity contribution >= 4 is 22.5 Å². The number of aromatic nitrogens is 4. The van der Waals surface area contributed by atoms with E-state index < -0.39 is 17.2 Å². The molecule has 8 heteroatoms. The van der Waals surface area contributed by atoms with E-state index in [1.165, 1.54) is 0 Å². The van der Waals surface area contributed by atoms with Crippen LogP contribution in [-0.4, -0.2) is 26.1 Å². The number of nitrogens with one attached hydrogen (secondary N) is 4. The third-order valence-electron chi connectivity index (χ3n) is 2.70. The van der Waals surface area contributed by atoms with Gasteiger partial charge in [-0.3, -0.25) is 19.7 Å². The molecule has 0 saturated heterocycles. The molecule has 0 bridgehead atoms. The van der Waals surface area contributed by atoms with Gasteiger partial charge in [-0.25, -0.2) is 4.79 Å². The minimum absolute atomic E-state index is 0.108. The summed E-state index contributed by atoms with van der Waals surface area (Å²) in [5.74, 6) is -0.577. The molecule has 1 aromatic carbocycles. The zero-order valence-corrected chi connectivity index (χ0v) is 10.1. The van der Waals surface area contributed by atoms with Gasteiger partial charge in [-0.2, -0.15) is 5.10 Å². The second-order valence-electron chi connectivity index (χ2n) is 4.13. The van der Waals surface area contributed by atoms with Crippen LogP contribution >= 0.6 is 0 Å². The van der Waals surface area contributed by atoms with Crippen molar-refractivity contribution < 1.29 is 4.79 Å². The molecule has 0 aliphatic heterocycles. The number of amides is 1. The lowest BCUT2D eigenvalue weighted by Crippen LogP contribution is -2.27. The second-order valence-corrected chi connectivity index (χ2v) is 4.13. The highest BCUT2D eigenvalue weighted by molar-refractivity contribution is 6.03. The van der Waals surface area contributed by atoms with Gasteiger partial charge in [0.2, 0.25) is 0 Å². The van der Waals surface area contributed by atoms with E-state index in [1.54, 1.807) is 24.4 Å². The zero-order valence-electron chi connectivity index (χ0n) is 10.1. The Morgan fingerprint density at radius 3 is 2.80 bits per heavy atom. The van der Waals surface area contributed by atoms with Crippen LogP contribution < -0.4 is 16.6 Å². The van der Waals surface area contributed by atoms with E-state index in [4.69, 9.17) is 0 Å². The smallest absolute Gasteiger partial charge is 0.321 e. The van der Waals surface area contributed by atoms with Gasteiger partial charge < -0.3 is 10.3 Å². The van der Waals surface area contributed by atoms with Gasteiger partial charge in [-0.05, 0) is 18.2 Å². The molecule has 0 aliphatic carbocycles. The molecule has 0 unspecified atom stereocenters. The van der Waals surface area contributed by atoms with Crippen LogP contribution in [0.2, 0.25) is 0 Å². The SMILES string of the molecule is O=C(Nc1ccc2cn[nH]c2c1)c1cc(=O)[nH]c(=O)[nH]1. The molecule has 2 heterocycles. The van der Waals surface area contributed by atoms with Crippen LogP contribution in [0.4, 0.5) is 5.69 Å². The van der Waals surface area contributed by atoms with Gasteiger partial charge in [0.05, 0.1) is 11.7 Å². The maximum Gasteiger partial charge on any atom is 0.326 e. The molecule has 3 rings (SSSR count). The Hall–Kier alpha value is -3.16. The number of benzene rings is 1. The predicted molar refractivity (Wildman–Crippen MR) is 71.7 cm³/mol. The van der Waals surface area contributed by atoms with E-state index in [9.17, 15) is 14.4 Å². The number of rotatable bonds is 2. The van der Waals surface area contributed by atoms with E-state index in [1.807, 2.05) is 4.98 Å². The minimum Gasteiger partial charge on any atom is -0.321 e. The Bertz CT molecular complexity index is 877. The minimum atomic E-state index is -0.730. The molecule has 2 aromatic heterocycles. The Labute approximate surface area is 110 Å². The topological polar surface area (TPSA) is 123 Å². The average Bonchev–Trinajstić information content (AvgIpc) is 2.85. The van der Waals surface area contributed by atoms with E-state index in [-0.39, 0.29) is 5.69 Å². The molecule has 0 spiro atoms. The number of anilines is 1.